The molecule has 0 heterocycles. The summed E-state index contributed by atoms with van der Waals surface area (Å²) in [6.07, 6.45) is 0. The molecule has 0 aliphatic heterocycles. The Morgan fingerprint density at radius 2 is 1.73 bits per heavy atom. The Kier molecular flexibility index (Phi) is 3.97. The van der Waals surface area contributed by atoms with Gasteiger partial charge in [0.25, 0.3) is 0 Å². The number of carbonyl (C=O) groups excluding carboxylic acids is 1. The minimum absolute atomic E-state index is 0.153. The molecule has 1 nitrogen and oxygen atoms in total. The molecule has 15 heavy (non-hydrogen) atoms. The van der Waals surface area contributed by atoms with Gasteiger partial charge in [-0.15, -0.1) is 11.8 Å². The number of ketones is 1. The first-order chi connectivity index (χ1) is 6.88. The molecule has 0 unspecified atom stereocenters. The van der Waals surface area contributed by atoms with Crippen LogP contribution in [0.3, 0.4) is 0 Å². The van der Waals surface area contributed by atoms with Crippen LogP contribution in [0, 0.1) is 6.92 Å². The quantitative estimate of drug-likeness (QED) is 0.725. The highest BCUT2D eigenvalue weighted by molar-refractivity contribution is 8.01. The van der Waals surface area contributed by atoms with Gasteiger partial charge in [-0.05, 0) is 6.92 Å². The van der Waals surface area contributed by atoms with Crippen LogP contribution in [0.15, 0.2) is 24.3 Å². The van der Waals surface area contributed by atoms with Gasteiger partial charge in [0.1, 0.15) is 0 Å². The summed E-state index contributed by atoms with van der Waals surface area (Å²) in [5.41, 5.74) is 2.01. The van der Waals surface area contributed by atoms with Crippen LogP contribution in [-0.4, -0.2) is 16.3 Å². The van der Waals surface area contributed by atoms with Gasteiger partial charge >= 0.3 is 0 Å². The predicted molar refractivity (Wildman–Crippen MR) is 67.7 cm³/mol. The Balaban J connectivity index is 2.58. The highest BCUT2D eigenvalue weighted by atomic mass is 32.2. The predicted octanol–water partition coefficient (Wildman–Crippen LogP) is 3.71. The smallest absolute Gasteiger partial charge is 0.172 e. The van der Waals surface area contributed by atoms with Crippen molar-refractivity contribution < 1.29 is 4.79 Å². The second-order valence-corrected chi connectivity index (χ2v) is 6.49. The Bertz CT molecular complexity index is 333. The van der Waals surface area contributed by atoms with Crippen LogP contribution in [0.2, 0.25) is 0 Å². The molecule has 0 aliphatic carbocycles. The van der Waals surface area contributed by atoms with E-state index in [-0.39, 0.29) is 10.5 Å². The summed E-state index contributed by atoms with van der Waals surface area (Å²) in [7, 11) is 0. The topological polar surface area (TPSA) is 17.1 Å². The van der Waals surface area contributed by atoms with Crippen molar-refractivity contribution in [2.75, 3.05) is 5.75 Å². The largest absolute Gasteiger partial charge is 0.293 e. The molecule has 0 N–H and O–H groups in total. The Hall–Kier alpha value is -0.760. The highest BCUT2D eigenvalue weighted by Crippen LogP contribution is 2.23. The second-order valence-electron chi connectivity index (χ2n) is 4.69. The summed E-state index contributed by atoms with van der Waals surface area (Å²) in [4.78, 5) is 11.8. The molecule has 1 aromatic carbocycles. The lowest BCUT2D eigenvalue weighted by molar-refractivity contribution is 0.102. The van der Waals surface area contributed by atoms with Crippen LogP contribution in [0.5, 0.6) is 0 Å². The fourth-order valence-electron chi connectivity index (χ4n) is 1.10. The van der Waals surface area contributed by atoms with Gasteiger partial charge in [0.15, 0.2) is 5.78 Å². The number of Topliss-reactive ketones (excluding diaryl/α,β-unsaturated/α-hetero) is 1. The monoisotopic (exact) mass is 222 g/mol. The number of hydrogen-bond acceptors (Lipinski definition) is 2. The van der Waals surface area contributed by atoms with Gasteiger partial charge in [0.2, 0.25) is 0 Å². The SMILES string of the molecule is Cc1ccc(C(=O)CSC(C)(C)C)cc1. The van der Waals surface area contributed by atoms with Crippen molar-refractivity contribution in [1.29, 1.82) is 0 Å². The lowest BCUT2D eigenvalue weighted by atomic mass is 10.1. The third-order valence-corrected chi connectivity index (χ3v) is 3.28. The summed E-state index contributed by atoms with van der Waals surface area (Å²) >= 11 is 1.69. The van der Waals surface area contributed by atoms with Crippen molar-refractivity contribution in [2.45, 2.75) is 32.4 Å². The van der Waals surface area contributed by atoms with Crippen LogP contribution in [-0.2, 0) is 0 Å². The van der Waals surface area contributed by atoms with E-state index in [0.29, 0.717) is 5.75 Å². The van der Waals surface area contributed by atoms with Crippen LogP contribution in [0.1, 0.15) is 36.7 Å². The zero-order valence-electron chi connectivity index (χ0n) is 9.83. The molecule has 0 aromatic heterocycles. The first-order valence-corrected chi connectivity index (χ1v) is 6.11. The van der Waals surface area contributed by atoms with Gasteiger partial charge in [-0.3, -0.25) is 4.79 Å². The molecular weight excluding hydrogens is 204 g/mol. The summed E-state index contributed by atoms with van der Waals surface area (Å²) in [5, 5.41) is 0. The molecule has 0 bridgehead atoms. The molecule has 0 aliphatic rings. The number of aryl methyl sites for hydroxylation is 1. The van der Waals surface area contributed by atoms with Gasteiger partial charge in [0.05, 0.1) is 5.75 Å². The third-order valence-electron chi connectivity index (χ3n) is 2.01. The zero-order valence-corrected chi connectivity index (χ0v) is 10.6. The number of carbonyl (C=O) groups is 1. The van der Waals surface area contributed by atoms with Gasteiger partial charge in [0, 0.05) is 10.3 Å². The van der Waals surface area contributed by atoms with E-state index in [0.717, 1.165) is 5.56 Å². The number of thioether (sulfide) groups is 1. The van der Waals surface area contributed by atoms with Crippen LogP contribution in [0.4, 0.5) is 0 Å². The minimum Gasteiger partial charge on any atom is -0.293 e. The van der Waals surface area contributed by atoms with E-state index in [9.17, 15) is 4.79 Å². The van der Waals surface area contributed by atoms with Gasteiger partial charge in [-0.1, -0.05) is 50.6 Å². The van der Waals surface area contributed by atoms with E-state index in [1.165, 1.54) is 5.56 Å². The maximum atomic E-state index is 11.8. The Morgan fingerprint density at radius 1 is 1.20 bits per heavy atom. The molecule has 0 atom stereocenters. The molecule has 0 amide bonds. The molecule has 2 heteroatoms. The molecular formula is C13H18OS. The lowest BCUT2D eigenvalue weighted by Crippen LogP contribution is -2.13. The Labute approximate surface area is 96.3 Å². The molecule has 1 aromatic rings. The maximum absolute atomic E-state index is 11.8. The number of rotatable bonds is 3. The number of hydrogen-bond donors (Lipinski definition) is 0. The van der Waals surface area contributed by atoms with Crippen LogP contribution < -0.4 is 0 Å². The summed E-state index contributed by atoms with van der Waals surface area (Å²) < 4.78 is 0.153. The van der Waals surface area contributed by atoms with Gasteiger partial charge in [-0.2, -0.15) is 0 Å². The molecule has 82 valence electrons. The average molecular weight is 222 g/mol. The minimum atomic E-state index is 0.153. The van der Waals surface area contributed by atoms with Crippen LogP contribution >= 0.6 is 11.8 Å². The van der Waals surface area contributed by atoms with Crippen molar-refractivity contribution in [3.8, 4) is 0 Å². The van der Waals surface area contributed by atoms with E-state index in [4.69, 9.17) is 0 Å². The van der Waals surface area contributed by atoms with Crippen molar-refractivity contribution in [3.05, 3.63) is 35.4 Å². The fourth-order valence-corrected chi connectivity index (χ4v) is 1.84. The normalized spacial score (nSPS) is 11.5. The molecule has 0 spiro atoms. The summed E-state index contributed by atoms with van der Waals surface area (Å²) in [6.45, 7) is 8.40. The molecule has 1 rings (SSSR count). The second kappa shape index (κ2) is 4.84. The highest BCUT2D eigenvalue weighted by Gasteiger charge is 2.14. The van der Waals surface area contributed by atoms with E-state index >= 15 is 0 Å². The first kappa shape index (κ1) is 12.3. The molecule has 0 saturated heterocycles. The van der Waals surface area contributed by atoms with E-state index in [2.05, 4.69) is 20.8 Å². The van der Waals surface area contributed by atoms with Gasteiger partial charge in [-0.25, -0.2) is 0 Å². The van der Waals surface area contributed by atoms with Crippen LogP contribution in [0.25, 0.3) is 0 Å². The lowest BCUT2D eigenvalue weighted by Gasteiger charge is -2.16. The third kappa shape index (κ3) is 4.52. The summed E-state index contributed by atoms with van der Waals surface area (Å²) in [5.74, 6) is 0.780. The van der Waals surface area contributed by atoms with Gasteiger partial charge < -0.3 is 0 Å². The maximum Gasteiger partial charge on any atom is 0.172 e. The fraction of sp³-hybridized carbons (Fsp3) is 0.462. The average Bonchev–Trinajstić information content (AvgIpc) is 2.14. The van der Waals surface area contributed by atoms with E-state index in [1.54, 1.807) is 11.8 Å². The first-order valence-electron chi connectivity index (χ1n) is 5.12. The van der Waals surface area contributed by atoms with Crippen molar-refractivity contribution in [3.63, 3.8) is 0 Å². The van der Waals surface area contributed by atoms with Crippen molar-refractivity contribution in [1.82, 2.24) is 0 Å². The van der Waals surface area contributed by atoms with Crippen molar-refractivity contribution in [2.24, 2.45) is 0 Å². The Morgan fingerprint density at radius 3 is 2.20 bits per heavy atom. The standard InChI is InChI=1S/C13H18OS/c1-10-5-7-11(8-6-10)12(14)9-15-13(2,3)4/h5-8H,9H2,1-4H3. The number of benzene rings is 1. The molecule has 0 fully saturated rings. The van der Waals surface area contributed by atoms with E-state index < -0.39 is 0 Å². The van der Waals surface area contributed by atoms with E-state index in [1.807, 2.05) is 31.2 Å². The van der Waals surface area contributed by atoms with Crippen molar-refractivity contribution >= 4 is 17.5 Å². The zero-order chi connectivity index (χ0) is 11.5. The molecule has 0 radical (unpaired) electrons. The molecule has 0 saturated carbocycles. The summed E-state index contributed by atoms with van der Waals surface area (Å²) in [6, 6.07) is 7.77.